The first-order chi connectivity index (χ1) is 8.09. The fraction of sp³-hybridized carbons (Fsp3) is 0.769. The van der Waals surface area contributed by atoms with Crippen molar-refractivity contribution in [2.75, 3.05) is 0 Å². The fourth-order valence-electron chi connectivity index (χ4n) is 2.69. The standard InChI is InChI=1S/C13H20BrClN2/c1-9(2)17-13(12(14)8-16-17)10-5-3-4-6-11(15)7-10/h8-11H,3-7H2,1-2H3. The lowest BCUT2D eigenvalue weighted by Gasteiger charge is -2.20. The van der Waals surface area contributed by atoms with Crippen LogP contribution in [0.5, 0.6) is 0 Å². The quantitative estimate of drug-likeness (QED) is 0.561. The molecule has 1 heterocycles. The molecule has 1 saturated carbocycles. The molecule has 1 aromatic rings. The lowest BCUT2D eigenvalue weighted by Crippen LogP contribution is -2.13. The normalized spacial score (nSPS) is 26.2. The van der Waals surface area contributed by atoms with Crippen LogP contribution in [0.4, 0.5) is 0 Å². The van der Waals surface area contributed by atoms with Gasteiger partial charge in [-0.15, -0.1) is 11.6 Å². The Morgan fingerprint density at radius 3 is 2.82 bits per heavy atom. The van der Waals surface area contributed by atoms with Crippen LogP contribution in [0.15, 0.2) is 10.7 Å². The number of hydrogen-bond acceptors (Lipinski definition) is 1. The van der Waals surface area contributed by atoms with Gasteiger partial charge in [0, 0.05) is 17.3 Å². The molecule has 1 aromatic heterocycles. The molecule has 1 aliphatic rings. The molecule has 17 heavy (non-hydrogen) atoms. The van der Waals surface area contributed by atoms with Gasteiger partial charge < -0.3 is 0 Å². The molecule has 0 bridgehead atoms. The van der Waals surface area contributed by atoms with Gasteiger partial charge in [-0.2, -0.15) is 5.10 Å². The van der Waals surface area contributed by atoms with E-state index in [0.29, 0.717) is 17.3 Å². The Labute approximate surface area is 117 Å². The predicted molar refractivity (Wildman–Crippen MR) is 75.8 cm³/mol. The van der Waals surface area contributed by atoms with Gasteiger partial charge in [-0.25, -0.2) is 0 Å². The lowest BCUT2D eigenvalue weighted by molar-refractivity contribution is 0.463. The van der Waals surface area contributed by atoms with Crippen LogP contribution in [-0.2, 0) is 0 Å². The summed E-state index contributed by atoms with van der Waals surface area (Å²) in [6.45, 7) is 4.36. The second-order valence-electron chi connectivity index (χ2n) is 5.23. The van der Waals surface area contributed by atoms with Crippen LogP contribution in [0, 0.1) is 0 Å². The average Bonchev–Trinajstić information content (AvgIpc) is 2.52. The second-order valence-corrected chi connectivity index (χ2v) is 6.70. The molecule has 96 valence electrons. The molecule has 0 amide bonds. The van der Waals surface area contributed by atoms with E-state index in [9.17, 15) is 0 Å². The van der Waals surface area contributed by atoms with E-state index in [1.807, 2.05) is 6.20 Å². The van der Waals surface area contributed by atoms with Crippen molar-refractivity contribution in [2.24, 2.45) is 0 Å². The molecule has 0 spiro atoms. The highest BCUT2D eigenvalue weighted by Crippen LogP contribution is 2.38. The molecule has 2 rings (SSSR count). The number of hydrogen-bond donors (Lipinski definition) is 0. The summed E-state index contributed by atoms with van der Waals surface area (Å²) in [6.07, 6.45) is 7.94. The van der Waals surface area contributed by atoms with Crippen LogP contribution < -0.4 is 0 Å². The largest absolute Gasteiger partial charge is 0.266 e. The Balaban J connectivity index is 2.28. The first-order valence-corrected chi connectivity index (χ1v) is 7.69. The van der Waals surface area contributed by atoms with Crippen molar-refractivity contribution in [1.82, 2.24) is 9.78 Å². The lowest BCUT2D eigenvalue weighted by atomic mass is 9.96. The smallest absolute Gasteiger partial charge is 0.0635 e. The Kier molecular flexibility index (Phi) is 4.53. The number of alkyl halides is 1. The van der Waals surface area contributed by atoms with E-state index in [1.54, 1.807) is 0 Å². The molecular weight excluding hydrogens is 300 g/mol. The van der Waals surface area contributed by atoms with Crippen LogP contribution in [-0.4, -0.2) is 15.2 Å². The van der Waals surface area contributed by atoms with Crippen LogP contribution in [0.1, 0.15) is 63.6 Å². The molecule has 4 heteroatoms. The zero-order valence-corrected chi connectivity index (χ0v) is 12.8. The molecule has 1 fully saturated rings. The molecule has 2 unspecified atom stereocenters. The van der Waals surface area contributed by atoms with E-state index in [1.165, 1.54) is 25.0 Å². The van der Waals surface area contributed by atoms with Crippen molar-refractivity contribution in [3.05, 3.63) is 16.4 Å². The minimum atomic E-state index is 0.324. The number of nitrogens with zero attached hydrogens (tertiary/aromatic N) is 2. The van der Waals surface area contributed by atoms with Gasteiger partial charge in [0.05, 0.1) is 16.4 Å². The monoisotopic (exact) mass is 318 g/mol. The van der Waals surface area contributed by atoms with E-state index < -0.39 is 0 Å². The molecule has 0 N–H and O–H groups in total. The summed E-state index contributed by atoms with van der Waals surface area (Å²) in [5.41, 5.74) is 1.34. The summed E-state index contributed by atoms with van der Waals surface area (Å²) < 4.78 is 3.28. The van der Waals surface area contributed by atoms with Gasteiger partial charge in [0.25, 0.3) is 0 Å². The van der Waals surface area contributed by atoms with E-state index in [2.05, 4.69) is 39.6 Å². The van der Waals surface area contributed by atoms with E-state index in [-0.39, 0.29) is 0 Å². The third kappa shape index (κ3) is 3.05. The maximum absolute atomic E-state index is 6.37. The number of rotatable bonds is 2. The number of halogens is 2. The van der Waals surface area contributed by atoms with Crippen molar-refractivity contribution in [3.63, 3.8) is 0 Å². The Morgan fingerprint density at radius 2 is 2.12 bits per heavy atom. The van der Waals surface area contributed by atoms with Crippen molar-refractivity contribution in [1.29, 1.82) is 0 Å². The number of aromatic nitrogens is 2. The molecule has 0 aliphatic heterocycles. The van der Waals surface area contributed by atoms with Crippen LogP contribution >= 0.6 is 27.5 Å². The fourth-order valence-corrected chi connectivity index (χ4v) is 3.66. The predicted octanol–water partition coefficient (Wildman–Crippen LogP) is 4.88. The molecule has 0 radical (unpaired) electrons. The first-order valence-electron chi connectivity index (χ1n) is 6.46. The van der Waals surface area contributed by atoms with Crippen LogP contribution in [0.2, 0.25) is 0 Å². The van der Waals surface area contributed by atoms with Gasteiger partial charge in [-0.05, 0) is 49.0 Å². The SMILES string of the molecule is CC(C)n1ncc(Br)c1C1CCCCC(Cl)C1. The van der Waals surface area contributed by atoms with Gasteiger partial charge in [0.1, 0.15) is 0 Å². The van der Waals surface area contributed by atoms with E-state index in [0.717, 1.165) is 17.3 Å². The molecule has 0 aromatic carbocycles. The average molecular weight is 320 g/mol. The molecule has 0 saturated heterocycles. The van der Waals surface area contributed by atoms with Gasteiger partial charge in [-0.3, -0.25) is 4.68 Å². The molecule has 2 nitrogen and oxygen atoms in total. The minimum absolute atomic E-state index is 0.324. The Bertz CT molecular complexity index is 375. The highest BCUT2D eigenvalue weighted by atomic mass is 79.9. The zero-order chi connectivity index (χ0) is 12.4. The topological polar surface area (TPSA) is 17.8 Å². The summed E-state index contributed by atoms with van der Waals surface area (Å²) in [6, 6.07) is 0.410. The van der Waals surface area contributed by atoms with Crippen molar-refractivity contribution >= 4 is 27.5 Å². The summed E-state index contributed by atoms with van der Waals surface area (Å²) in [5, 5.41) is 4.80. The molecule has 2 atom stereocenters. The maximum atomic E-state index is 6.37. The summed E-state index contributed by atoms with van der Waals surface area (Å²) in [5.74, 6) is 0.555. The maximum Gasteiger partial charge on any atom is 0.0635 e. The summed E-state index contributed by atoms with van der Waals surface area (Å²) in [7, 11) is 0. The van der Waals surface area contributed by atoms with Crippen LogP contribution in [0.25, 0.3) is 0 Å². The van der Waals surface area contributed by atoms with Crippen molar-refractivity contribution in [2.45, 2.75) is 63.3 Å². The van der Waals surface area contributed by atoms with Crippen LogP contribution in [0.3, 0.4) is 0 Å². The zero-order valence-electron chi connectivity index (χ0n) is 10.5. The van der Waals surface area contributed by atoms with Crippen molar-refractivity contribution in [3.8, 4) is 0 Å². The summed E-state index contributed by atoms with van der Waals surface area (Å²) in [4.78, 5) is 0. The highest BCUT2D eigenvalue weighted by Gasteiger charge is 2.25. The molecular formula is C13H20BrClN2. The summed E-state index contributed by atoms with van der Waals surface area (Å²) >= 11 is 10.0. The van der Waals surface area contributed by atoms with Gasteiger partial charge in [0.2, 0.25) is 0 Å². The highest BCUT2D eigenvalue weighted by molar-refractivity contribution is 9.10. The van der Waals surface area contributed by atoms with Gasteiger partial charge in [-0.1, -0.05) is 12.8 Å². The second kappa shape index (κ2) is 5.75. The first kappa shape index (κ1) is 13.4. The Morgan fingerprint density at radius 1 is 1.41 bits per heavy atom. The van der Waals surface area contributed by atoms with Crippen molar-refractivity contribution < 1.29 is 0 Å². The molecule has 1 aliphatic carbocycles. The third-order valence-corrected chi connectivity index (χ3v) is 4.53. The van der Waals surface area contributed by atoms with Gasteiger partial charge in [0.15, 0.2) is 0 Å². The van der Waals surface area contributed by atoms with E-state index >= 15 is 0 Å². The Hall–Kier alpha value is -0.0200. The van der Waals surface area contributed by atoms with E-state index in [4.69, 9.17) is 11.6 Å². The minimum Gasteiger partial charge on any atom is -0.266 e. The third-order valence-electron chi connectivity index (χ3n) is 3.52. The van der Waals surface area contributed by atoms with Gasteiger partial charge >= 0.3 is 0 Å².